The molecule has 0 saturated heterocycles. The number of nitrogens with zero attached hydrogens (tertiary/aromatic N) is 2. The van der Waals surface area contributed by atoms with Crippen molar-refractivity contribution in [2.75, 3.05) is 17.3 Å². The number of hydrogen-bond acceptors (Lipinski definition) is 6. The van der Waals surface area contributed by atoms with Crippen LogP contribution in [0.3, 0.4) is 0 Å². The number of rotatable bonds is 7. The largest absolute Gasteiger partial charge is 0.453 e. The molecule has 0 fully saturated rings. The Bertz CT molecular complexity index is 1110. The van der Waals surface area contributed by atoms with E-state index in [0.717, 1.165) is 11.3 Å². The lowest BCUT2D eigenvalue weighted by Gasteiger charge is -2.17. The quantitative estimate of drug-likeness (QED) is 0.522. The highest BCUT2D eigenvalue weighted by Crippen LogP contribution is 2.29. The Labute approximate surface area is 189 Å². The molecule has 0 bridgehead atoms. The first-order chi connectivity index (χ1) is 15.5. The van der Waals surface area contributed by atoms with E-state index in [4.69, 9.17) is 0 Å². The minimum atomic E-state index is -0.545. The average molecular weight is 451 g/mol. The molecule has 0 atom stereocenters. The van der Waals surface area contributed by atoms with Crippen LogP contribution in [-0.2, 0) is 20.9 Å². The van der Waals surface area contributed by atoms with Gasteiger partial charge in [0.15, 0.2) is 5.13 Å². The Hall–Kier alpha value is -3.98. The van der Waals surface area contributed by atoms with E-state index in [2.05, 4.69) is 20.4 Å². The molecule has 3 rings (SSSR count). The van der Waals surface area contributed by atoms with E-state index >= 15 is 0 Å². The summed E-state index contributed by atoms with van der Waals surface area (Å²) in [6.07, 6.45) is 2.45. The van der Waals surface area contributed by atoms with Crippen molar-refractivity contribution in [1.29, 1.82) is 0 Å². The van der Waals surface area contributed by atoms with Gasteiger partial charge in [-0.1, -0.05) is 30.3 Å². The average Bonchev–Trinajstić information content (AvgIpc) is 3.26. The molecule has 9 heteroatoms. The number of amides is 3. The minimum Gasteiger partial charge on any atom is -0.453 e. The maximum Gasteiger partial charge on any atom is 0.411 e. The summed E-state index contributed by atoms with van der Waals surface area (Å²) >= 11 is 1.32. The SMILES string of the molecule is COC(=O)Nc1ccc(CNC(=O)C=Cc2csc(N(C(C)=O)c3ccccc3)n2)cc1. The summed E-state index contributed by atoms with van der Waals surface area (Å²) in [6, 6.07) is 16.3. The maximum atomic E-state index is 12.2. The van der Waals surface area contributed by atoms with Crippen molar-refractivity contribution in [3.63, 3.8) is 0 Å². The fourth-order valence-corrected chi connectivity index (χ4v) is 3.60. The maximum absolute atomic E-state index is 12.2. The van der Waals surface area contributed by atoms with Gasteiger partial charge in [0.1, 0.15) is 0 Å². The molecule has 0 aliphatic heterocycles. The van der Waals surface area contributed by atoms with Gasteiger partial charge in [-0.15, -0.1) is 11.3 Å². The van der Waals surface area contributed by atoms with E-state index in [1.54, 1.807) is 35.7 Å². The van der Waals surface area contributed by atoms with Crippen molar-refractivity contribution in [2.45, 2.75) is 13.5 Å². The van der Waals surface area contributed by atoms with Crippen LogP contribution in [0, 0.1) is 0 Å². The number of ether oxygens (including phenoxy) is 1. The number of nitrogens with one attached hydrogen (secondary N) is 2. The van der Waals surface area contributed by atoms with Crippen molar-refractivity contribution >= 4 is 51.8 Å². The highest BCUT2D eigenvalue weighted by Gasteiger charge is 2.17. The Morgan fingerprint density at radius 3 is 2.47 bits per heavy atom. The second-order valence-electron chi connectivity index (χ2n) is 6.61. The number of anilines is 3. The third-order valence-electron chi connectivity index (χ3n) is 4.29. The van der Waals surface area contributed by atoms with E-state index in [1.807, 2.05) is 30.3 Å². The van der Waals surface area contributed by atoms with Gasteiger partial charge < -0.3 is 10.1 Å². The number of para-hydroxylation sites is 1. The molecule has 8 nitrogen and oxygen atoms in total. The van der Waals surface area contributed by atoms with Crippen molar-refractivity contribution in [1.82, 2.24) is 10.3 Å². The number of carbonyl (C=O) groups excluding carboxylic acids is 3. The van der Waals surface area contributed by atoms with Crippen LogP contribution >= 0.6 is 11.3 Å². The molecule has 1 heterocycles. The molecule has 0 radical (unpaired) electrons. The van der Waals surface area contributed by atoms with Crippen LogP contribution in [0.5, 0.6) is 0 Å². The van der Waals surface area contributed by atoms with Crippen LogP contribution in [0.2, 0.25) is 0 Å². The van der Waals surface area contributed by atoms with Gasteiger partial charge in [-0.3, -0.25) is 19.8 Å². The van der Waals surface area contributed by atoms with Crippen LogP contribution in [0.15, 0.2) is 66.1 Å². The number of thiazole rings is 1. The normalized spacial score (nSPS) is 10.6. The molecule has 1 aromatic heterocycles. The second kappa shape index (κ2) is 10.9. The first-order valence-electron chi connectivity index (χ1n) is 9.67. The lowest BCUT2D eigenvalue weighted by molar-refractivity contribution is -0.117. The molecule has 0 aliphatic rings. The third-order valence-corrected chi connectivity index (χ3v) is 5.13. The monoisotopic (exact) mass is 450 g/mol. The Balaban J connectivity index is 1.56. The number of carbonyl (C=O) groups is 3. The summed E-state index contributed by atoms with van der Waals surface area (Å²) in [6.45, 7) is 1.81. The zero-order valence-corrected chi connectivity index (χ0v) is 18.4. The molecular formula is C23H22N4O4S. The zero-order chi connectivity index (χ0) is 22.9. The van der Waals surface area contributed by atoms with Gasteiger partial charge in [-0.25, -0.2) is 9.78 Å². The Morgan fingerprint density at radius 2 is 1.81 bits per heavy atom. The van der Waals surface area contributed by atoms with Crippen molar-refractivity contribution < 1.29 is 19.1 Å². The fraction of sp³-hybridized carbons (Fsp3) is 0.130. The highest BCUT2D eigenvalue weighted by molar-refractivity contribution is 7.14. The molecule has 3 aromatic rings. The van der Waals surface area contributed by atoms with Crippen LogP contribution < -0.4 is 15.5 Å². The number of benzene rings is 2. The first kappa shape index (κ1) is 22.7. The van der Waals surface area contributed by atoms with Crippen molar-refractivity contribution in [2.24, 2.45) is 0 Å². The van der Waals surface area contributed by atoms with Gasteiger partial charge >= 0.3 is 6.09 Å². The van der Waals surface area contributed by atoms with Crippen LogP contribution in [0.25, 0.3) is 6.08 Å². The van der Waals surface area contributed by atoms with Crippen LogP contribution in [0.1, 0.15) is 18.2 Å². The number of methoxy groups -OCH3 is 1. The fourth-order valence-electron chi connectivity index (χ4n) is 2.74. The Kier molecular flexibility index (Phi) is 7.71. The van der Waals surface area contributed by atoms with Crippen molar-refractivity contribution in [3.8, 4) is 0 Å². The van der Waals surface area contributed by atoms with Crippen molar-refractivity contribution in [3.05, 3.63) is 77.3 Å². The van der Waals surface area contributed by atoms with E-state index in [0.29, 0.717) is 23.1 Å². The molecule has 0 aliphatic carbocycles. The van der Waals surface area contributed by atoms with E-state index in [1.165, 1.54) is 36.3 Å². The summed E-state index contributed by atoms with van der Waals surface area (Å²) in [4.78, 5) is 41.4. The summed E-state index contributed by atoms with van der Waals surface area (Å²) < 4.78 is 4.54. The smallest absolute Gasteiger partial charge is 0.411 e. The number of aromatic nitrogens is 1. The highest BCUT2D eigenvalue weighted by atomic mass is 32.1. The van der Waals surface area contributed by atoms with Gasteiger partial charge in [0.25, 0.3) is 0 Å². The summed E-state index contributed by atoms with van der Waals surface area (Å²) in [5, 5.41) is 7.66. The minimum absolute atomic E-state index is 0.147. The van der Waals surface area contributed by atoms with E-state index < -0.39 is 6.09 Å². The molecular weight excluding hydrogens is 428 g/mol. The topological polar surface area (TPSA) is 101 Å². The predicted molar refractivity (Wildman–Crippen MR) is 125 cm³/mol. The van der Waals surface area contributed by atoms with Gasteiger partial charge in [-0.2, -0.15) is 0 Å². The second-order valence-corrected chi connectivity index (χ2v) is 7.45. The third kappa shape index (κ3) is 6.26. The van der Waals surface area contributed by atoms with E-state index in [-0.39, 0.29) is 11.8 Å². The predicted octanol–water partition coefficient (Wildman–Crippen LogP) is 4.34. The molecule has 32 heavy (non-hydrogen) atoms. The van der Waals surface area contributed by atoms with E-state index in [9.17, 15) is 14.4 Å². The molecule has 0 saturated carbocycles. The molecule has 2 N–H and O–H groups in total. The lowest BCUT2D eigenvalue weighted by atomic mass is 10.2. The van der Waals surface area contributed by atoms with Gasteiger partial charge in [0.2, 0.25) is 11.8 Å². The van der Waals surface area contributed by atoms with Gasteiger partial charge in [-0.05, 0) is 35.9 Å². The molecule has 0 unspecified atom stereocenters. The molecule has 3 amide bonds. The van der Waals surface area contributed by atoms with Gasteiger partial charge in [0, 0.05) is 30.6 Å². The first-order valence-corrected chi connectivity index (χ1v) is 10.6. The number of hydrogen-bond donors (Lipinski definition) is 2. The van der Waals surface area contributed by atoms with Gasteiger partial charge in [0.05, 0.1) is 18.5 Å². The van der Waals surface area contributed by atoms with Crippen LogP contribution in [0.4, 0.5) is 21.3 Å². The lowest BCUT2D eigenvalue weighted by Crippen LogP contribution is -2.22. The molecule has 0 spiro atoms. The summed E-state index contributed by atoms with van der Waals surface area (Å²) in [5.41, 5.74) is 2.79. The summed E-state index contributed by atoms with van der Waals surface area (Å²) in [7, 11) is 1.29. The molecule has 2 aromatic carbocycles. The summed E-state index contributed by atoms with van der Waals surface area (Å²) in [5.74, 6) is -0.422. The molecule has 164 valence electrons. The standard InChI is InChI=1S/C23H22N4O4S/c1-16(28)27(20-6-4-3-5-7-20)22-25-19(15-32-22)12-13-21(29)24-14-17-8-10-18(11-9-17)26-23(30)31-2/h3-13,15H,14H2,1-2H3,(H,24,29)(H,26,30). The zero-order valence-electron chi connectivity index (χ0n) is 17.6. The van der Waals surface area contributed by atoms with Crippen LogP contribution in [-0.4, -0.2) is 30.0 Å². The Morgan fingerprint density at radius 1 is 1.09 bits per heavy atom.